The number of phenolic OH excluding ortho intramolecular Hbond substituents is 1. The molecule has 0 amide bonds. The SMILES string of the molecule is CCCc1c(O[C@@H]2CCC[C@@H](Sc3ccc(CC(=O)O)cc3)[C@@H]2O)ccc(C(C)=O)c1O. The number of phenols is 1. The van der Waals surface area contributed by atoms with Crippen molar-refractivity contribution >= 4 is 23.5 Å². The maximum Gasteiger partial charge on any atom is 0.307 e. The molecule has 0 aliphatic heterocycles. The van der Waals surface area contributed by atoms with Crippen LogP contribution in [0.15, 0.2) is 41.3 Å². The Labute approximate surface area is 192 Å². The number of hydrogen-bond donors (Lipinski definition) is 3. The third kappa shape index (κ3) is 5.84. The molecule has 1 fully saturated rings. The molecule has 172 valence electrons. The Kier molecular flexibility index (Phi) is 8.21. The number of carboxylic acids is 1. The zero-order valence-electron chi connectivity index (χ0n) is 18.4. The molecule has 0 bridgehead atoms. The van der Waals surface area contributed by atoms with E-state index in [-0.39, 0.29) is 28.8 Å². The van der Waals surface area contributed by atoms with Gasteiger partial charge < -0.3 is 20.1 Å². The minimum atomic E-state index is -0.863. The second-order valence-corrected chi connectivity index (χ2v) is 9.51. The molecule has 3 rings (SSSR count). The summed E-state index contributed by atoms with van der Waals surface area (Å²) in [4.78, 5) is 23.6. The van der Waals surface area contributed by atoms with Crippen molar-refractivity contribution < 1.29 is 29.6 Å². The quantitative estimate of drug-likeness (QED) is 0.471. The summed E-state index contributed by atoms with van der Waals surface area (Å²) in [5.74, 6) is -0.579. The first-order valence-electron chi connectivity index (χ1n) is 11.0. The molecular formula is C25H30O6S. The van der Waals surface area contributed by atoms with E-state index in [2.05, 4.69) is 0 Å². The van der Waals surface area contributed by atoms with Crippen LogP contribution in [-0.2, 0) is 17.6 Å². The van der Waals surface area contributed by atoms with Gasteiger partial charge in [0.1, 0.15) is 23.7 Å². The first kappa shape index (κ1) is 24.1. The number of ether oxygens (including phenoxy) is 1. The number of carboxylic acid groups (broad SMARTS) is 1. The van der Waals surface area contributed by atoms with E-state index in [0.29, 0.717) is 24.2 Å². The maximum absolute atomic E-state index is 11.8. The summed E-state index contributed by atoms with van der Waals surface area (Å²) >= 11 is 1.57. The van der Waals surface area contributed by atoms with Crippen LogP contribution in [0.4, 0.5) is 0 Å². The molecule has 3 N–H and O–H groups in total. The predicted octanol–water partition coefficient (Wildman–Crippen LogP) is 4.63. The normalized spacial score (nSPS) is 20.7. The Hall–Kier alpha value is -2.51. The molecule has 0 saturated heterocycles. The number of Topliss-reactive ketones (excluding diaryl/α,β-unsaturated/α-hetero) is 1. The van der Waals surface area contributed by atoms with Gasteiger partial charge >= 0.3 is 5.97 Å². The molecule has 6 nitrogen and oxygen atoms in total. The number of aliphatic hydroxyl groups excluding tert-OH is 1. The number of hydrogen-bond acceptors (Lipinski definition) is 6. The van der Waals surface area contributed by atoms with Gasteiger partial charge in [0.05, 0.1) is 12.0 Å². The molecular weight excluding hydrogens is 428 g/mol. The first-order valence-corrected chi connectivity index (χ1v) is 11.9. The third-order valence-electron chi connectivity index (χ3n) is 5.70. The Morgan fingerprint density at radius 1 is 1.12 bits per heavy atom. The van der Waals surface area contributed by atoms with E-state index in [1.807, 2.05) is 19.1 Å². The van der Waals surface area contributed by atoms with Gasteiger partial charge in [-0.2, -0.15) is 0 Å². The van der Waals surface area contributed by atoms with Gasteiger partial charge in [-0.25, -0.2) is 0 Å². The highest BCUT2D eigenvalue weighted by atomic mass is 32.2. The lowest BCUT2D eigenvalue weighted by Crippen LogP contribution is -2.43. The van der Waals surface area contributed by atoms with Crippen LogP contribution in [0.25, 0.3) is 0 Å². The maximum atomic E-state index is 11.8. The lowest BCUT2D eigenvalue weighted by atomic mass is 9.93. The molecule has 1 saturated carbocycles. The fourth-order valence-electron chi connectivity index (χ4n) is 4.06. The summed E-state index contributed by atoms with van der Waals surface area (Å²) in [7, 11) is 0. The number of ketones is 1. The molecule has 1 aliphatic rings. The van der Waals surface area contributed by atoms with Crippen LogP contribution in [0, 0.1) is 0 Å². The van der Waals surface area contributed by atoms with Crippen LogP contribution in [0.1, 0.15) is 61.0 Å². The van der Waals surface area contributed by atoms with Crippen molar-refractivity contribution in [2.75, 3.05) is 0 Å². The van der Waals surface area contributed by atoms with Gasteiger partial charge in [0, 0.05) is 15.7 Å². The molecule has 32 heavy (non-hydrogen) atoms. The van der Waals surface area contributed by atoms with Gasteiger partial charge in [-0.3, -0.25) is 9.59 Å². The number of carbonyl (C=O) groups is 2. The smallest absolute Gasteiger partial charge is 0.307 e. The second-order valence-electron chi connectivity index (χ2n) is 8.19. The number of aromatic hydroxyl groups is 1. The number of rotatable bonds is 9. The van der Waals surface area contributed by atoms with Gasteiger partial charge in [-0.1, -0.05) is 25.5 Å². The molecule has 1 aliphatic carbocycles. The molecule has 2 aromatic rings. The topological polar surface area (TPSA) is 104 Å². The van der Waals surface area contributed by atoms with Crippen molar-refractivity contribution in [3.05, 3.63) is 53.1 Å². The van der Waals surface area contributed by atoms with Crippen molar-refractivity contribution in [3.8, 4) is 11.5 Å². The molecule has 0 aromatic heterocycles. The Balaban J connectivity index is 1.72. The van der Waals surface area contributed by atoms with Gasteiger partial charge in [-0.15, -0.1) is 11.8 Å². The minimum absolute atomic E-state index is 0.0116. The van der Waals surface area contributed by atoms with Crippen molar-refractivity contribution in [3.63, 3.8) is 0 Å². The van der Waals surface area contributed by atoms with Crippen LogP contribution >= 0.6 is 11.8 Å². The van der Waals surface area contributed by atoms with Crippen molar-refractivity contribution in [1.29, 1.82) is 0 Å². The van der Waals surface area contributed by atoms with E-state index in [9.17, 15) is 19.8 Å². The first-order chi connectivity index (χ1) is 15.3. The summed E-state index contributed by atoms with van der Waals surface area (Å²) in [6.45, 7) is 3.42. The van der Waals surface area contributed by atoms with E-state index in [1.165, 1.54) is 6.92 Å². The van der Waals surface area contributed by atoms with Gasteiger partial charge in [0.15, 0.2) is 5.78 Å². The largest absolute Gasteiger partial charge is 0.507 e. The van der Waals surface area contributed by atoms with Crippen LogP contribution in [0.2, 0.25) is 0 Å². The summed E-state index contributed by atoms with van der Waals surface area (Å²) in [5, 5.41) is 30.5. The Morgan fingerprint density at radius 3 is 2.47 bits per heavy atom. The molecule has 0 spiro atoms. The summed E-state index contributed by atoms with van der Waals surface area (Å²) < 4.78 is 6.20. The zero-order valence-corrected chi connectivity index (χ0v) is 19.2. The number of aliphatic carboxylic acids is 1. The Bertz CT molecular complexity index is 956. The highest BCUT2D eigenvalue weighted by molar-refractivity contribution is 8.00. The van der Waals surface area contributed by atoms with Gasteiger partial charge in [0.25, 0.3) is 0 Å². The van der Waals surface area contributed by atoms with E-state index in [1.54, 1.807) is 36.0 Å². The fraction of sp³-hybridized carbons (Fsp3) is 0.440. The van der Waals surface area contributed by atoms with Crippen molar-refractivity contribution in [2.24, 2.45) is 0 Å². The van der Waals surface area contributed by atoms with E-state index in [4.69, 9.17) is 9.84 Å². The van der Waals surface area contributed by atoms with Gasteiger partial charge in [-0.05, 0) is 62.4 Å². The molecule has 3 atom stereocenters. The standard InChI is InChI=1S/C25H30O6S/c1-3-5-19-20(13-12-18(15(2)26)24(19)29)31-21-6-4-7-22(25(21)30)32-17-10-8-16(9-11-17)14-23(27)28/h8-13,21-22,25,29-30H,3-7,14H2,1-2H3,(H,27,28)/t21-,22-,25-/m1/s1. The van der Waals surface area contributed by atoms with Crippen molar-refractivity contribution in [2.45, 2.75) is 74.7 Å². The minimum Gasteiger partial charge on any atom is -0.507 e. The fourth-order valence-corrected chi connectivity index (χ4v) is 5.30. The zero-order chi connectivity index (χ0) is 23.3. The van der Waals surface area contributed by atoms with E-state index >= 15 is 0 Å². The summed E-state index contributed by atoms with van der Waals surface area (Å²) in [6.07, 6.45) is 2.69. The molecule has 0 unspecified atom stereocenters. The summed E-state index contributed by atoms with van der Waals surface area (Å²) in [6, 6.07) is 10.7. The number of carbonyl (C=O) groups excluding carboxylic acids is 1. The number of benzene rings is 2. The van der Waals surface area contributed by atoms with Crippen LogP contribution < -0.4 is 4.74 Å². The Morgan fingerprint density at radius 2 is 1.84 bits per heavy atom. The van der Waals surface area contributed by atoms with E-state index in [0.717, 1.165) is 29.7 Å². The number of aliphatic hydroxyl groups is 1. The van der Waals surface area contributed by atoms with Crippen LogP contribution in [0.5, 0.6) is 11.5 Å². The average Bonchev–Trinajstić information content (AvgIpc) is 2.74. The van der Waals surface area contributed by atoms with Crippen LogP contribution in [0.3, 0.4) is 0 Å². The lowest BCUT2D eigenvalue weighted by Gasteiger charge is -2.35. The average molecular weight is 459 g/mol. The van der Waals surface area contributed by atoms with E-state index < -0.39 is 18.2 Å². The summed E-state index contributed by atoms with van der Waals surface area (Å²) in [5.41, 5.74) is 1.63. The highest BCUT2D eigenvalue weighted by Gasteiger charge is 2.34. The second kappa shape index (κ2) is 10.9. The van der Waals surface area contributed by atoms with Gasteiger partial charge in [0.2, 0.25) is 0 Å². The monoisotopic (exact) mass is 458 g/mol. The number of thioether (sulfide) groups is 1. The third-order valence-corrected chi connectivity index (χ3v) is 7.06. The molecule has 2 aromatic carbocycles. The van der Waals surface area contributed by atoms with Crippen molar-refractivity contribution in [1.82, 2.24) is 0 Å². The van der Waals surface area contributed by atoms with Crippen LogP contribution in [-0.4, -0.2) is 44.5 Å². The molecule has 0 heterocycles. The highest BCUT2D eigenvalue weighted by Crippen LogP contribution is 2.38. The molecule has 0 radical (unpaired) electrons. The predicted molar refractivity (Wildman–Crippen MR) is 124 cm³/mol. The molecule has 7 heteroatoms. The lowest BCUT2D eigenvalue weighted by molar-refractivity contribution is -0.136.